The topological polar surface area (TPSA) is 0 Å². The highest BCUT2D eigenvalue weighted by atomic mass is 35.5. The van der Waals surface area contributed by atoms with Gasteiger partial charge in [-0.3, -0.25) is 0 Å². The number of hydrogen-bond donors (Lipinski definition) is 0. The van der Waals surface area contributed by atoms with Gasteiger partial charge in [-0.2, -0.15) is 0 Å². The summed E-state index contributed by atoms with van der Waals surface area (Å²) >= 11 is 16.4. The van der Waals surface area contributed by atoms with E-state index in [-0.39, 0.29) is 0 Å². The van der Waals surface area contributed by atoms with Crippen molar-refractivity contribution in [3.8, 4) is 0 Å². The number of halogens is 2. The molecule has 0 heterocycles. The van der Waals surface area contributed by atoms with Crippen molar-refractivity contribution >= 4 is 40.3 Å². The van der Waals surface area contributed by atoms with E-state index in [1.165, 1.54) is 0 Å². The van der Waals surface area contributed by atoms with Crippen LogP contribution in [0, 0.1) is 6.07 Å². The molecule has 0 spiro atoms. The Morgan fingerprint density at radius 2 is 2.18 bits per heavy atom. The van der Waals surface area contributed by atoms with Crippen molar-refractivity contribution in [1.29, 1.82) is 0 Å². The second kappa shape index (κ2) is 3.53. The molecule has 0 aliphatic carbocycles. The molecule has 0 aliphatic rings. The molecular formula is C8H5Cl2S. The van der Waals surface area contributed by atoms with Crippen LogP contribution < -0.4 is 0 Å². The van der Waals surface area contributed by atoms with Gasteiger partial charge in [-0.05, 0) is 25.1 Å². The second-order valence-electron chi connectivity index (χ2n) is 2.10. The van der Waals surface area contributed by atoms with E-state index < -0.39 is 0 Å². The van der Waals surface area contributed by atoms with Crippen molar-refractivity contribution in [3.63, 3.8) is 0 Å². The molecule has 0 fully saturated rings. The van der Waals surface area contributed by atoms with Crippen molar-refractivity contribution in [3.05, 3.63) is 33.8 Å². The van der Waals surface area contributed by atoms with Crippen molar-refractivity contribution in [2.75, 3.05) is 0 Å². The van der Waals surface area contributed by atoms with E-state index in [1.807, 2.05) is 0 Å². The zero-order valence-electron chi connectivity index (χ0n) is 5.82. The first-order chi connectivity index (χ1) is 5.11. The summed E-state index contributed by atoms with van der Waals surface area (Å²) in [5.41, 5.74) is 0.756. The fourth-order valence-electron chi connectivity index (χ4n) is 0.715. The Labute approximate surface area is 81.1 Å². The summed E-state index contributed by atoms with van der Waals surface area (Å²) in [4.78, 5) is 0.728. The van der Waals surface area contributed by atoms with Crippen molar-refractivity contribution in [2.45, 2.75) is 6.92 Å². The van der Waals surface area contributed by atoms with E-state index in [0.717, 1.165) is 10.4 Å². The summed E-state index contributed by atoms with van der Waals surface area (Å²) in [6, 6.07) is 6.21. The van der Waals surface area contributed by atoms with Gasteiger partial charge in [0.2, 0.25) is 0 Å². The molecule has 0 nitrogen and oxygen atoms in total. The second-order valence-corrected chi connectivity index (χ2v) is 3.55. The Morgan fingerprint density at radius 3 is 2.64 bits per heavy atom. The summed E-state index contributed by atoms with van der Waals surface area (Å²) < 4.78 is 0. The highest BCUT2D eigenvalue weighted by Gasteiger charge is 2.01. The first-order valence-electron chi connectivity index (χ1n) is 2.99. The molecule has 0 N–H and O–H groups in total. The van der Waals surface area contributed by atoms with Gasteiger partial charge in [-0.25, -0.2) is 0 Å². The van der Waals surface area contributed by atoms with Gasteiger partial charge in [0.25, 0.3) is 0 Å². The lowest BCUT2D eigenvalue weighted by Gasteiger charge is -1.99. The third-order valence-corrected chi connectivity index (χ3v) is 1.93. The molecule has 1 rings (SSSR count). The standard InChI is InChI=1S/C8H5Cl2S/c1-5(11)7-3-2-6(9)4-8(7)10/h2,4H,1H3. The zero-order chi connectivity index (χ0) is 8.43. The van der Waals surface area contributed by atoms with Gasteiger partial charge >= 0.3 is 0 Å². The molecular weight excluding hydrogens is 199 g/mol. The summed E-state index contributed by atoms with van der Waals surface area (Å²) in [6.45, 7) is 1.81. The van der Waals surface area contributed by atoms with Crippen LogP contribution in [-0.4, -0.2) is 4.86 Å². The minimum atomic E-state index is 0.560. The summed E-state index contributed by atoms with van der Waals surface area (Å²) in [5, 5.41) is 1.14. The van der Waals surface area contributed by atoms with Crippen LogP contribution in [-0.2, 0) is 0 Å². The summed E-state index contributed by atoms with van der Waals surface area (Å²) in [7, 11) is 0. The predicted molar refractivity (Wildman–Crippen MR) is 52.7 cm³/mol. The molecule has 0 atom stereocenters. The Bertz CT molecular complexity index is 294. The lowest BCUT2D eigenvalue weighted by atomic mass is 10.2. The van der Waals surface area contributed by atoms with E-state index in [9.17, 15) is 0 Å². The molecule has 0 saturated carbocycles. The zero-order valence-corrected chi connectivity index (χ0v) is 8.15. The number of rotatable bonds is 1. The number of thiocarbonyl (C=S) groups is 1. The Hall–Kier alpha value is -0.110. The average Bonchev–Trinajstić information content (AvgIpc) is 1.85. The van der Waals surface area contributed by atoms with Crippen LogP contribution >= 0.6 is 35.4 Å². The molecule has 0 amide bonds. The lowest BCUT2D eigenvalue weighted by Crippen LogP contribution is -1.90. The number of hydrogen-bond acceptors (Lipinski definition) is 1. The average molecular weight is 204 g/mol. The molecule has 1 radical (unpaired) electrons. The van der Waals surface area contributed by atoms with Crippen LogP contribution in [0.25, 0.3) is 0 Å². The first-order valence-corrected chi connectivity index (χ1v) is 4.15. The first kappa shape index (κ1) is 8.98. The molecule has 3 heteroatoms. The summed E-state index contributed by atoms with van der Waals surface area (Å²) in [5.74, 6) is 0. The van der Waals surface area contributed by atoms with E-state index >= 15 is 0 Å². The minimum Gasteiger partial charge on any atom is -0.0845 e. The molecule has 0 aliphatic heterocycles. The lowest BCUT2D eigenvalue weighted by molar-refractivity contribution is 1.63. The monoisotopic (exact) mass is 203 g/mol. The number of benzene rings is 1. The molecule has 0 bridgehead atoms. The van der Waals surface area contributed by atoms with Gasteiger partial charge in [-0.15, -0.1) is 0 Å². The van der Waals surface area contributed by atoms with Crippen LogP contribution in [0.3, 0.4) is 0 Å². The summed E-state index contributed by atoms with van der Waals surface area (Å²) in [6.07, 6.45) is 0. The maximum absolute atomic E-state index is 5.82. The fourth-order valence-corrected chi connectivity index (χ4v) is 1.47. The third-order valence-electron chi connectivity index (χ3n) is 1.21. The van der Waals surface area contributed by atoms with Crippen molar-refractivity contribution < 1.29 is 0 Å². The quantitative estimate of drug-likeness (QED) is 0.498. The Kier molecular flexibility index (Phi) is 2.88. The molecule has 57 valence electrons. The van der Waals surface area contributed by atoms with Crippen LogP contribution in [0.5, 0.6) is 0 Å². The normalized spacial score (nSPS) is 9.73. The van der Waals surface area contributed by atoms with E-state index in [1.54, 1.807) is 19.1 Å². The van der Waals surface area contributed by atoms with E-state index in [2.05, 4.69) is 6.07 Å². The van der Waals surface area contributed by atoms with Gasteiger partial charge in [0.15, 0.2) is 0 Å². The smallest absolute Gasteiger partial charge is 0.0510 e. The Morgan fingerprint density at radius 1 is 1.55 bits per heavy atom. The van der Waals surface area contributed by atoms with Crippen molar-refractivity contribution in [2.24, 2.45) is 0 Å². The highest BCUT2D eigenvalue weighted by molar-refractivity contribution is 7.80. The third kappa shape index (κ3) is 2.16. The van der Waals surface area contributed by atoms with Gasteiger partial charge in [-0.1, -0.05) is 35.4 Å². The van der Waals surface area contributed by atoms with Crippen LogP contribution in [0.1, 0.15) is 12.5 Å². The largest absolute Gasteiger partial charge is 0.0845 e. The van der Waals surface area contributed by atoms with Gasteiger partial charge in [0.05, 0.1) is 5.02 Å². The minimum absolute atomic E-state index is 0.560. The molecule has 0 aromatic heterocycles. The molecule has 11 heavy (non-hydrogen) atoms. The molecule has 0 unspecified atom stereocenters. The van der Waals surface area contributed by atoms with Crippen LogP contribution in [0.2, 0.25) is 10.0 Å². The fraction of sp³-hybridized carbons (Fsp3) is 0.125. The van der Waals surface area contributed by atoms with E-state index in [0.29, 0.717) is 10.0 Å². The Balaban J connectivity index is 3.20. The maximum atomic E-state index is 5.82. The van der Waals surface area contributed by atoms with Gasteiger partial charge in [0, 0.05) is 15.5 Å². The molecule has 1 aromatic rings. The van der Waals surface area contributed by atoms with Gasteiger partial charge in [0.1, 0.15) is 0 Å². The van der Waals surface area contributed by atoms with E-state index in [4.69, 9.17) is 35.4 Å². The SMILES string of the molecule is CC(=S)c1[c]cc(Cl)cc1Cl. The van der Waals surface area contributed by atoms with Gasteiger partial charge < -0.3 is 0 Å². The maximum Gasteiger partial charge on any atom is 0.0510 e. The van der Waals surface area contributed by atoms with Crippen molar-refractivity contribution in [1.82, 2.24) is 0 Å². The van der Waals surface area contributed by atoms with Crippen LogP contribution in [0.15, 0.2) is 12.1 Å². The molecule has 1 aromatic carbocycles. The molecule has 0 saturated heterocycles. The predicted octanol–water partition coefficient (Wildman–Crippen LogP) is 3.53. The highest BCUT2D eigenvalue weighted by Crippen LogP contribution is 2.20. The van der Waals surface area contributed by atoms with Crippen LogP contribution in [0.4, 0.5) is 0 Å².